The Labute approximate surface area is 110 Å². The summed E-state index contributed by atoms with van der Waals surface area (Å²) in [5, 5.41) is 0.650. The van der Waals surface area contributed by atoms with E-state index in [1.54, 1.807) is 24.4 Å². The van der Waals surface area contributed by atoms with Gasteiger partial charge in [0.2, 0.25) is 10.0 Å². The fraction of sp³-hybridized carbons (Fsp3) is 0.167. The van der Waals surface area contributed by atoms with Gasteiger partial charge >= 0.3 is 5.97 Å². The zero-order chi connectivity index (χ0) is 14.0. The molecule has 6 nitrogen and oxygen atoms in total. The van der Waals surface area contributed by atoms with E-state index < -0.39 is 16.0 Å². The second-order valence-corrected chi connectivity index (χ2v) is 5.71. The molecule has 0 radical (unpaired) electrons. The Morgan fingerprint density at radius 1 is 1.37 bits per heavy atom. The standard InChI is InChI=1S/C12H12N2O4S/c1-18-12(15)9-6-8-4-3-5-13-11(8)10(7-9)14-19(2,16)17/h3-7,14H,1-2H3. The van der Waals surface area contributed by atoms with Crippen LogP contribution in [0.1, 0.15) is 10.4 Å². The van der Waals surface area contributed by atoms with Gasteiger partial charge in [-0.25, -0.2) is 13.2 Å². The number of fused-ring (bicyclic) bond motifs is 1. The van der Waals surface area contributed by atoms with Gasteiger partial charge in [-0.2, -0.15) is 0 Å². The first-order chi connectivity index (χ1) is 8.90. The quantitative estimate of drug-likeness (QED) is 0.859. The number of pyridine rings is 1. The topological polar surface area (TPSA) is 85.4 Å². The molecule has 0 fully saturated rings. The number of benzene rings is 1. The minimum absolute atomic E-state index is 0.251. The molecule has 0 aliphatic heterocycles. The number of methoxy groups -OCH3 is 1. The van der Waals surface area contributed by atoms with E-state index in [9.17, 15) is 13.2 Å². The van der Waals surface area contributed by atoms with E-state index in [0.717, 1.165) is 6.26 Å². The van der Waals surface area contributed by atoms with Gasteiger partial charge in [0, 0.05) is 11.6 Å². The fourth-order valence-corrected chi connectivity index (χ4v) is 2.26. The van der Waals surface area contributed by atoms with Crippen LogP contribution < -0.4 is 4.72 Å². The second-order valence-electron chi connectivity index (χ2n) is 3.96. The van der Waals surface area contributed by atoms with Crippen molar-refractivity contribution in [2.45, 2.75) is 0 Å². The van der Waals surface area contributed by atoms with Crippen molar-refractivity contribution in [2.24, 2.45) is 0 Å². The number of aromatic nitrogens is 1. The number of esters is 1. The van der Waals surface area contributed by atoms with Crippen molar-refractivity contribution in [2.75, 3.05) is 18.1 Å². The van der Waals surface area contributed by atoms with E-state index >= 15 is 0 Å². The molecule has 0 spiro atoms. The van der Waals surface area contributed by atoms with Crippen molar-refractivity contribution in [3.63, 3.8) is 0 Å². The van der Waals surface area contributed by atoms with E-state index in [2.05, 4.69) is 14.4 Å². The average molecular weight is 280 g/mol. The first-order valence-electron chi connectivity index (χ1n) is 5.35. The van der Waals surface area contributed by atoms with Crippen LogP contribution >= 0.6 is 0 Å². The van der Waals surface area contributed by atoms with Crippen LogP contribution in [0.5, 0.6) is 0 Å². The predicted molar refractivity (Wildman–Crippen MR) is 71.5 cm³/mol. The highest BCUT2D eigenvalue weighted by Crippen LogP contribution is 2.24. The highest BCUT2D eigenvalue weighted by molar-refractivity contribution is 7.92. The Morgan fingerprint density at radius 3 is 2.74 bits per heavy atom. The Kier molecular flexibility index (Phi) is 3.39. The number of hydrogen-bond donors (Lipinski definition) is 1. The first-order valence-corrected chi connectivity index (χ1v) is 7.25. The van der Waals surface area contributed by atoms with Gasteiger partial charge in [0.25, 0.3) is 0 Å². The molecule has 2 rings (SSSR count). The Hall–Kier alpha value is -2.15. The molecule has 1 aromatic heterocycles. The van der Waals surface area contributed by atoms with Gasteiger partial charge in [-0.3, -0.25) is 9.71 Å². The third-order valence-electron chi connectivity index (χ3n) is 2.42. The molecule has 7 heteroatoms. The van der Waals surface area contributed by atoms with Gasteiger partial charge in [-0.1, -0.05) is 6.07 Å². The summed E-state index contributed by atoms with van der Waals surface area (Å²) in [4.78, 5) is 15.7. The molecule has 0 atom stereocenters. The van der Waals surface area contributed by atoms with Crippen LogP contribution in [-0.4, -0.2) is 32.7 Å². The van der Waals surface area contributed by atoms with Gasteiger partial charge in [-0.15, -0.1) is 0 Å². The summed E-state index contributed by atoms with van der Waals surface area (Å²) >= 11 is 0. The Balaban J connectivity index is 2.68. The van der Waals surface area contributed by atoms with Gasteiger partial charge in [-0.05, 0) is 18.2 Å². The molecule has 0 unspecified atom stereocenters. The summed E-state index contributed by atoms with van der Waals surface area (Å²) in [6.45, 7) is 0. The number of hydrogen-bond acceptors (Lipinski definition) is 5. The highest BCUT2D eigenvalue weighted by Gasteiger charge is 2.13. The van der Waals surface area contributed by atoms with E-state index in [4.69, 9.17) is 0 Å². The molecular formula is C12H12N2O4S. The molecule has 1 N–H and O–H groups in total. The number of anilines is 1. The maximum atomic E-state index is 11.6. The van der Waals surface area contributed by atoms with Gasteiger partial charge in [0.1, 0.15) is 0 Å². The Morgan fingerprint density at radius 2 is 2.11 bits per heavy atom. The lowest BCUT2D eigenvalue weighted by Crippen LogP contribution is -2.11. The molecule has 0 aliphatic rings. The molecule has 1 heterocycles. The molecular weight excluding hydrogens is 268 g/mol. The largest absolute Gasteiger partial charge is 0.465 e. The minimum Gasteiger partial charge on any atom is -0.465 e. The molecule has 0 aliphatic carbocycles. The van der Waals surface area contributed by atoms with Gasteiger partial charge < -0.3 is 4.74 Å². The van der Waals surface area contributed by atoms with E-state index in [0.29, 0.717) is 10.9 Å². The zero-order valence-electron chi connectivity index (χ0n) is 10.4. The van der Waals surface area contributed by atoms with Crippen LogP contribution in [0, 0.1) is 0 Å². The maximum Gasteiger partial charge on any atom is 0.337 e. The van der Waals surface area contributed by atoms with Crippen molar-refractivity contribution in [1.82, 2.24) is 4.98 Å². The summed E-state index contributed by atoms with van der Waals surface area (Å²) in [6.07, 6.45) is 2.58. The van der Waals surface area contributed by atoms with E-state index in [-0.39, 0.29) is 11.3 Å². The van der Waals surface area contributed by atoms with Crippen molar-refractivity contribution >= 4 is 32.6 Å². The number of ether oxygens (including phenoxy) is 1. The van der Waals surface area contributed by atoms with E-state index in [1.165, 1.54) is 13.2 Å². The van der Waals surface area contributed by atoms with Crippen LogP contribution in [0.15, 0.2) is 30.5 Å². The predicted octanol–water partition coefficient (Wildman–Crippen LogP) is 1.39. The average Bonchev–Trinajstić information content (AvgIpc) is 2.36. The normalized spacial score (nSPS) is 11.3. The lowest BCUT2D eigenvalue weighted by Gasteiger charge is -2.09. The van der Waals surface area contributed by atoms with Crippen LogP contribution in [0.25, 0.3) is 10.9 Å². The minimum atomic E-state index is -3.46. The van der Waals surface area contributed by atoms with Crippen molar-refractivity contribution in [3.05, 3.63) is 36.0 Å². The first kappa shape index (κ1) is 13.3. The Bertz CT molecular complexity index is 740. The third-order valence-corrected chi connectivity index (χ3v) is 3.01. The maximum absolute atomic E-state index is 11.6. The molecule has 0 saturated carbocycles. The van der Waals surface area contributed by atoms with Gasteiger partial charge in [0.05, 0.1) is 30.1 Å². The van der Waals surface area contributed by atoms with Crippen molar-refractivity contribution in [3.8, 4) is 0 Å². The number of carbonyl (C=O) groups is 1. The summed E-state index contributed by atoms with van der Waals surface area (Å²) < 4.78 is 29.7. The van der Waals surface area contributed by atoms with Crippen LogP contribution in [0.4, 0.5) is 5.69 Å². The van der Waals surface area contributed by atoms with Gasteiger partial charge in [0.15, 0.2) is 0 Å². The number of sulfonamides is 1. The lowest BCUT2D eigenvalue weighted by atomic mass is 10.1. The molecule has 2 aromatic rings. The zero-order valence-corrected chi connectivity index (χ0v) is 11.2. The number of nitrogens with one attached hydrogen (secondary N) is 1. The molecule has 19 heavy (non-hydrogen) atoms. The lowest BCUT2D eigenvalue weighted by molar-refractivity contribution is 0.0601. The summed E-state index contributed by atoms with van der Waals surface area (Å²) in [7, 11) is -2.20. The number of rotatable bonds is 3. The van der Waals surface area contributed by atoms with Crippen LogP contribution in [0.2, 0.25) is 0 Å². The second kappa shape index (κ2) is 4.85. The molecule has 1 aromatic carbocycles. The van der Waals surface area contributed by atoms with Crippen LogP contribution in [-0.2, 0) is 14.8 Å². The number of nitrogens with zero attached hydrogens (tertiary/aromatic N) is 1. The van der Waals surface area contributed by atoms with Crippen molar-refractivity contribution < 1.29 is 17.9 Å². The molecule has 0 amide bonds. The smallest absolute Gasteiger partial charge is 0.337 e. The monoisotopic (exact) mass is 280 g/mol. The fourth-order valence-electron chi connectivity index (χ4n) is 1.71. The SMILES string of the molecule is COC(=O)c1cc(NS(C)(=O)=O)c2ncccc2c1. The molecule has 0 bridgehead atoms. The molecule has 0 saturated heterocycles. The summed E-state index contributed by atoms with van der Waals surface area (Å²) in [5.41, 5.74) is 0.982. The van der Waals surface area contributed by atoms with Crippen LogP contribution in [0.3, 0.4) is 0 Å². The summed E-state index contributed by atoms with van der Waals surface area (Å²) in [6, 6.07) is 6.44. The summed E-state index contributed by atoms with van der Waals surface area (Å²) in [5.74, 6) is -0.540. The number of carbonyl (C=O) groups excluding carboxylic acids is 1. The third kappa shape index (κ3) is 3.00. The van der Waals surface area contributed by atoms with E-state index in [1.807, 2.05) is 0 Å². The molecule has 100 valence electrons. The highest BCUT2D eigenvalue weighted by atomic mass is 32.2. The van der Waals surface area contributed by atoms with Crippen molar-refractivity contribution in [1.29, 1.82) is 0 Å².